The predicted octanol–water partition coefficient (Wildman–Crippen LogP) is 5.55. The molecule has 1 aromatic rings. The van der Waals surface area contributed by atoms with E-state index in [0.29, 0.717) is 25.9 Å². The summed E-state index contributed by atoms with van der Waals surface area (Å²) in [6, 6.07) is 10.1. The zero-order valence-corrected chi connectivity index (χ0v) is 42.8. The Morgan fingerprint density at radius 3 is 2.20 bits per heavy atom. The van der Waals surface area contributed by atoms with Crippen molar-refractivity contribution in [2.24, 2.45) is 23.2 Å². The Kier molecular flexibility index (Phi) is 20.3. The Bertz CT molecular complexity index is 1590. The number of aryl methyl sites for hydroxylation is 1. The van der Waals surface area contributed by atoms with Crippen molar-refractivity contribution in [3.8, 4) is 0 Å². The van der Waals surface area contributed by atoms with E-state index >= 15 is 0 Å². The third-order valence-corrected chi connectivity index (χ3v) is 15.4. The van der Waals surface area contributed by atoms with Gasteiger partial charge in [-0.3, -0.25) is 4.79 Å². The number of hydrogen-bond acceptors (Lipinski definition) is 14. The van der Waals surface area contributed by atoms with Gasteiger partial charge in [0.05, 0.1) is 36.4 Å². The number of aliphatic hydroxyl groups is 4. The maximum atomic E-state index is 14.6. The molecule has 376 valence electrons. The minimum Gasteiger partial charge on any atom is -0.459 e. The molecule has 0 saturated carbocycles. The highest BCUT2D eigenvalue weighted by molar-refractivity contribution is 5.73. The Hall–Kier alpha value is -1.79. The first kappa shape index (κ1) is 55.8. The standard InChI is InChI=1S/C51H91N3O11/c1-16-26-54-30-32(3)44(56)50(12,58)40(17-2)63-46(57)36(7)43(35(6)45(48(9,10)28-33(54)4)65-47-42(55)39(53(13)14)27-34(5)61-47)64-41-29-49(11,60-15)51(59,37(8)62-41)31-52-25-21-24-38-22-19-18-20-23-38/h18-20,22-23,32-37,39-45,47,52,55-56,58-59H,16-17,21,24-31H2,1-15H3/t32-,33+,34+,35-,36+,37-,39-,40+,41+,42+,43+,44+,45+,47-,49-,50+,51+/m0/s1. The molecular formula is C51H91N3O11. The van der Waals surface area contributed by atoms with E-state index in [0.717, 1.165) is 25.8 Å². The number of rotatable bonds is 15. The Morgan fingerprint density at radius 2 is 1.60 bits per heavy atom. The van der Waals surface area contributed by atoms with E-state index in [9.17, 15) is 25.2 Å². The number of carbonyl (C=O) groups excluding carboxylic acids is 1. The first-order valence-electron chi connectivity index (χ1n) is 24.7. The highest BCUT2D eigenvalue weighted by Crippen LogP contribution is 2.45. The van der Waals surface area contributed by atoms with Gasteiger partial charge in [0.2, 0.25) is 0 Å². The molecule has 17 atom stereocenters. The summed E-state index contributed by atoms with van der Waals surface area (Å²) in [4.78, 5) is 19.0. The van der Waals surface area contributed by atoms with E-state index in [4.69, 9.17) is 28.4 Å². The molecule has 3 aliphatic rings. The molecule has 1 aromatic carbocycles. The fourth-order valence-electron chi connectivity index (χ4n) is 11.2. The van der Waals surface area contributed by atoms with E-state index in [1.807, 2.05) is 78.7 Å². The average Bonchev–Trinajstić information content (AvgIpc) is 3.25. The van der Waals surface area contributed by atoms with Gasteiger partial charge in [0.15, 0.2) is 12.6 Å². The molecule has 3 saturated heterocycles. The van der Waals surface area contributed by atoms with E-state index < -0.39 is 89.2 Å². The fraction of sp³-hybridized carbons (Fsp3) is 0.863. The molecule has 4 rings (SSSR count). The lowest BCUT2D eigenvalue weighted by molar-refractivity contribution is -0.334. The zero-order valence-electron chi connectivity index (χ0n) is 42.8. The van der Waals surface area contributed by atoms with Gasteiger partial charge < -0.3 is 64.0 Å². The number of esters is 1. The number of nitrogens with zero attached hydrogens (tertiary/aromatic N) is 2. The van der Waals surface area contributed by atoms with Crippen LogP contribution in [0.5, 0.6) is 0 Å². The second-order valence-corrected chi connectivity index (χ2v) is 21.4. The molecule has 3 heterocycles. The lowest BCUT2D eigenvalue weighted by Crippen LogP contribution is -2.70. The molecule has 0 amide bonds. The van der Waals surface area contributed by atoms with Gasteiger partial charge in [0.1, 0.15) is 29.0 Å². The van der Waals surface area contributed by atoms with E-state index in [1.54, 1.807) is 21.0 Å². The number of ether oxygens (including phenoxy) is 6. The second kappa shape index (κ2) is 23.7. The Labute approximate surface area is 392 Å². The summed E-state index contributed by atoms with van der Waals surface area (Å²) in [6.07, 6.45) is -3.22. The van der Waals surface area contributed by atoms with Gasteiger partial charge in [-0.15, -0.1) is 0 Å². The van der Waals surface area contributed by atoms with Crippen molar-refractivity contribution < 1.29 is 53.6 Å². The first-order valence-corrected chi connectivity index (χ1v) is 24.7. The summed E-state index contributed by atoms with van der Waals surface area (Å²) in [6.45, 7) is 25.5. The third kappa shape index (κ3) is 13.3. The van der Waals surface area contributed by atoms with Crippen LogP contribution >= 0.6 is 0 Å². The van der Waals surface area contributed by atoms with Crippen molar-refractivity contribution >= 4 is 5.97 Å². The largest absolute Gasteiger partial charge is 0.459 e. The summed E-state index contributed by atoms with van der Waals surface area (Å²) in [7, 11) is 5.48. The number of methoxy groups -OCH3 is 1. The van der Waals surface area contributed by atoms with Gasteiger partial charge in [0.25, 0.3) is 0 Å². The monoisotopic (exact) mass is 922 g/mol. The van der Waals surface area contributed by atoms with Gasteiger partial charge in [0, 0.05) is 44.6 Å². The van der Waals surface area contributed by atoms with E-state index in [-0.39, 0.29) is 43.5 Å². The number of cyclic esters (lactones) is 1. The molecule has 5 N–H and O–H groups in total. The van der Waals surface area contributed by atoms with E-state index in [2.05, 4.69) is 50.0 Å². The fourth-order valence-corrected chi connectivity index (χ4v) is 11.2. The summed E-state index contributed by atoms with van der Waals surface area (Å²) in [5, 5.41) is 51.5. The van der Waals surface area contributed by atoms with Crippen LogP contribution < -0.4 is 5.32 Å². The van der Waals surface area contributed by atoms with Crippen molar-refractivity contribution in [1.29, 1.82) is 0 Å². The number of carbonyl (C=O) groups is 1. The number of likely N-dealkylation sites (N-methyl/N-ethyl adjacent to an activating group) is 1. The molecule has 65 heavy (non-hydrogen) atoms. The first-order chi connectivity index (χ1) is 30.4. The normalized spacial score (nSPS) is 41.7. The number of hydrogen-bond donors (Lipinski definition) is 5. The SMILES string of the molecule is CCCN1C[C@H](C)[C@@H](O)[C@](C)(O)[C@@H](CC)OC(=O)[C@H](C)[C@H](O[C@@H]2C[C@](C)(OC)[C@@](O)(CNCCCc3ccccc3)[C@H](C)O2)[C@H](C)[C@@H](O[C@@H]2O[C@H](C)C[C@H](N(C)C)[C@H]2O)C(C)(C)C[C@H]1C. The predicted molar refractivity (Wildman–Crippen MR) is 253 cm³/mol. The molecule has 0 aromatic heterocycles. The molecule has 0 aliphatic carbocycles. The van der Waals surface area contributed by atoms with Crippen LogP contribution in [0.4, 0.5) is 0 Å². The maximum Gasteiger partial charge on any atom is 0.311 e. The molecule has 14 heteroatoms. The van der Waals surface area contributed by atoms with Crippen molar-refractivity contribution in [3.63, 3.8) is 0 Å². The maximum absolute atomic E-state index is 14.6. The van der Waals surface area contributed by atoms with Gasteiger partial charge >= 0.3 is 5.97 Å². The number of aliphatic hydroxyl groups excluding tert-OH is 2. The second-order valence-electron chi connectivity index (χ2n) is 21.4. The lowest BCUT2D eigenvalue weighted by atomic mass is 9.72. The van der Waals surface area contributed by atoms with Gasteiger partial charge in [-0.25, -0.2) is 0 Å². The summed E-state index contributed by atoms with van der Waals surface area (Å²) >= 11 is 0. The topological polar surface area (TPSA) is 172 Å². The zero-order chi connectivity index (χ0) is 48.7. The Balaban J connectivity index is 1.76. The van der Waals surface area contributed by atoms with Crippen molar-refractivity contribution in [1.82, 2.24) is 15.1 Å². The van der Waals surface area contributed by atoms with Crippen LogP contribution in [0.1, 0.15) is 127 Å². The van der Waals surface area contributed by atoms with Crippen LogP contribution in [0, 0.1) is 23.2 Å². The van der Waals surface area contributed by atoms with Crippen molar-refractivity contribution in [3.05, 3.63) is 35.9 Å². The van der Waals surface area contributed by atoms with E-state index in [1.165, 1.54) is 5.56 Å². The summed E-state index contributed by atoms with van der Waals surface area (Å²) < 4.78 is 39.7. The molecule has 0 bridgehead atoms. The van der Waals surface area contributed by atoms with Crippen LogP contribution in [0.25, 0.3) is 0 Å². The minimum atomic E-state index is -1.76. The number of nitrogens with one attached hydrogen (secondary N) is 1. The third-order valence-electron chi connectivity index (χ3n) is 15.4. The minimum absolute atomic E-state index is 0.00447. The molecule has 0 radical (unpaired) electrons. The van der Waals surface area contributed by atoms with Crippen LogP contribution in [0.15, 0.2) is 30.3 Å². The molecule has 3 fully saturated rings. The van der Waals surface area contributed by atoms with Crippen molar-refractivity contribution in [2.45, 2.75) is 212 Å². The van der Waals surface area contributed by atoms with Crippen LogP contribution in [-0.2, 0) is 39.6 Å². The summed E-state index contributed by atoms with van der Waals surface area (Å²) in [5.41, 5.74) is -3.67. The highest BCUT2D eigenvalue weighted by atomic mass is 16.7. The lowest BCUT2D eigenvalue weighted by Gasteiger charge is -2.54. The van der Waals surface area contributed by atoms with Gasteiger partial charge in [-0.2, -0.15) is 0 Å². The smallest absolute Gasteiger partial charge is 0.311 e. The number of benzene rings is 1. The Morgan fingerprint density at radius 1 is 0.938 bits per heavy atom. The molecule has 3 aliphatic heterocycles. The average molecular weight is 922 g/mol. The summed E-state index contributed by atoms with van der Waals surface area (Å²) in [5.74, 6) is -2.44. The van der Waals surface area contributed by atoms with Crippen LogP contribution in [0.2, 0.25) is 0 Å². The van der Waals surface area contributed by atoms with Gasteiger partial charge in [-0.05, 0) is 124 Å². The van der Waals surface area contributed by atoms with Gasteiger partial charge in [-0.1, -0.05) is 71.9 Å². The molecule has 0 spiro atoms. The quantitative estimate of drug-likeness (QED) is 0.110. The van der Waals surface area contributed by atoms with Crippen LogP contribution in [0.3, 0.4) is 0 Å². The molecule has 14 nitrogen and oxygen atoms in total. The molecule has 0 unspecified atom stereocenters. The van der Waals surface area contributed by atoms with Crippen LogP contribution in [-0.4, -0.2) is 168 Å². The molecular weight excluding hydrogens is 831 g/mol. The van der Waals surface area contributed by atoms with Crippen molar-refractivity contribution in [2.75, 3.05) is 47.4 Å². The highest BCUT2D eigenvalue weighted by Gasteiger charge is 2.58.